The zero-order valence-corrected chi connectivity index (χ0v) is 12.9. The predicted octanol–water partition coefficient (Wildman–Crippen LogP) is 4.44. The highest BCUT2D eigenvalue weighted by atomic mass is 79.9. The van der Waals surface area contributed by atoms with Gasteiger partial charge in [-0.3, -0.25) is 4.98 Å². The Bertz CT molecular complexity index is 756. The molecule has 1 atom stereocenters. The van der Waals surface area contributed by atoms with E-state index in [1.165, 1.54) is 12.1 Å². The van der Waals surface area contributed by atoms with Gasteiger partial charge in [0.15, 0.2) is 0 Å². The second-order valence-corrected chi connectivity index (χ2v) is 6.42. The number of nitrogens with zero attached hydrogens (tertiary/aromatic N) is 1. The van der Waals surface area contributed by atoms with Crippen LogP contribution in [0, 0.1) is 5.82 Å². The fraction of sp³-hybridized carbons (Fsp3) is 0.133. The van der Waals surface area contributed by atoms with Gasteiger partial charge in [-0.15, -0.1) is 11.3 Å². The van der Waals surface area contributed by atoms with Crippen molar-refractivity contribution in [3.05, 3.63) is 63.3 Å². The molecule has 0 radical (unpaired) electrons. The van der Waals surface area contributed by atoms with Crippen molar-refractivity contribution in [1.29, 1.82) is 0 Å². The first kappa shape index (κ1) is 13.7. The molecule has 0 bridgehead atoms. The molecule has 20 heavy (non-hydrogen) atoms. The highest BCUT2D eigenvalue weighted by Gasteiger charge is 2.12. The molecule has 0 fully saturated rings. The second-order valence-electron chi connectivity index (χ2n) is 4.62. The first-order valence-corrected chi connectivity index (χ1v) is 7.83. The van der Waals surface area contributed by atoms with E-state index in [0.717, 1.165) is 25.8 Å². The van der Waals surface area contributed by atoms with Crippen molar-refractivity contribution < 1.29 is 4.39 Å². The Morgan fingerprint density at radius 1 is 1.30 bits per heavy atom. The predicted molar refractivity (Wildman–Crippen MR) is 84.4 cm³/mol. The van der Waals surface area contributed by atoms with Crippen LogP contribution in [-0.2, 0) is 6.42 Å². The van der Waals surface area contributed by atoms with Gasteiger partial charge in [0.2, 0.25) is 0 Å². The maximum Gasteiger partial charge on any atom is 0.123 e. The number of benzene rings is 1. The zero-order valence-electron chi connectivity index (χ0n) is 10.5. The van der Waals surface area contributed by atoms with Gasteiger partial charge < -0.3 is 5.73 Å². The lowest BCUT2D eigenvalue weighted by Gasteiger charge is -2.13. The van der Waals surface area contributed by atoms with Gasteiger partial charge in [0.05, 0.1) is 10.2 Å². The average Bonchev–Trinajstić information content (AvgIpc) is 2.90. The summed E-state index contributed by atoms with van der Waals surface area (Å²) in [4.78, 5) is 4.39. The topological polar surface area (TPSA) is 38.9 Å². The van der Waals surface area contributed by atoms with Crippen molar-refractivity contribution in [2.45, 2.75) is 12.5 Å². The standard InChI is InChI=1S/C15H12BrFN2S/c16-12-2-1-11(17)5-9(12)6-13(18)10-7-15-14(19-8-10)3-4-20-15/h1-5,7-8,13H,6,18H2. The molecule has 2 heterocycles. The van der Waals surface area contributed by atoms with Gasteiger partial charge in [-0.1, -0.05) is 15.9 Å². The molecule has 1 unspecified atom stereocenters. The van der Waals surface area contributed by atoms with E-state index in [1.54, 1.807) is 23.6 Å². The van der Waals surface area contributed by atoms with Crippen LogP contribution in [0.3, 0.4) is 0 Å². The Labute approximate surface area is 128 Å². The Kier molecular flexibility index (Phi) is 3.83. The fourth-order valence-corrected chi connectivity index (χ4v) is 3.32. The van der Waals surface area contributed by atoms with Crippen LogP contribution < -0.4 is 5.73 Å². The molecular formula is C15H12BrFN2S. The summed E-state index contributed by atoms with van der Waals surface area (Å²) in [6.45, 7) is 0. The molecule has 2 nitrogen and oxygen atoms in total. The quantitative estimate of drug-likeness (QED) is 0.758. The van der Waals surface area contributed by atoms with Crippen LogP contribution in [0.4, 0.5) is 4.39 Å². The summed E-state index contributed by atoms with van der Waals surface area (Å²) in [7, 11) is 0. The number of aromatic nitrogens is 1. The molecule has 0 amide bonds. The molecule has 0 spiro atoms. The molecular weight excluding hydrogens is 339 g/mol. The minimum absolute atomic E-state index is 0.202. The average molecular weight is 351 g/mol. The van der Waals surface area contributed by atoms with E-state index in [1.807, 2.05) is 11.4 Å². The SMILES string of the molecule is NC(Cc1cc(F)ccc1Br)c1cnc2ccsc2c1. The molecule has 0 aliphatic heterocycles. The van der Waals surface area contributed by atoms with Crippen LogP contribution in [0.1, 0.15) is 17.2 Å². The minimum atomic E-state index is -0.248. The van der Waals surface area contributed by atoms with E-state index in [-0.39, 0.29) is 11.9 Å². The molecule has 0 saturated carbocycles. The summed E-state index contributed by atoms with van der Waals surface area (Å²) < 4.78 is 15.3. The van der Waals surface area contributed by atoms with Crippen molar-refractivity contribution in [2.75, 3.05) is 0 Å². The Morgan fingerprint density at radius 2 is 2.15 bits per heavy atom. The van der Waals surface area contributed by atoms with Gasteiger partial charge in [-0.2, -0.15) is 0 Å². The molecule has 2 N–H and O–H groups in total. The summed E-state index contributed by atoms with van der Waals surface area (Å²) in [5.41, 5.74) is 9.04. The van der Waals surface area contributed by atoms with Crippen molar-refractivity contribution in [1.82, 2.24) is 4.98 Å². The van der Waals surface area contributed by atoms with E-state index >= 15 is 0 Å². The molecule has 3 aromatic rings. The molecule has 2 aromatic heterocycles. The van der Waals surface area contributed by atoms with Gasteiger partial charge >= 0.3 is 0 Å². The normalized spacial score (nSPS) is 12.8. The maximum atomic E-state index is 13.3. The summed E-state index contributed by atoms with van der Waals surface area (Å²) in [6, 6.07) is 8.49. The van der Waals surface area contributed by atoms with Gasteiger partial charge in [0.25, 0.3) is 0 Å². The van der Waals surface area contributed by atoms with Gasteiger partial charge in [-0.05, 0) is 53.3 Å². The number of hydrogen-bond acceptors (Lipinski definition) is 3. The summed E-state index contributed by atoms with van der Waals surface area (Å²) in [5.74, 6) is -0.248. The van der Waals surface area contributed by atoms with E-state index in [9.17, 15) is 4.39 Å². The molecule has 102 valence electrons. The Morgan fingerprint density at radius 3 is 3.00 bits per heavy atom. The van der Waals surface area contributed by atoms with E-state index < -0.39 is 0 Å². The summed E-state index contributed by atoms with van der Waals surface area (Å²) >= 11 is 5.07. The zero-order chi connectivity index (χ0) is 14.1. The molecule has 5 heteroatoms. The molecule has 0 saturated heterocycles. The smallest absolute Gasteiger partial charge is 0.123 e. The third kappa shape index (κ3) is 2.75. The third-order valence-electron chi connectivity index (χ3n) is 3.20. The number of fused-ring (bicyclic) bond motifs is 1. The van der Waals surface area contributed by atoms with Gasteiger partial charge in [0.1, 0.15) is 5.82 Å². The van der Waals surface area contributed by atoms with Gasteiger partial charge in [0, 0.05) is 16.7 Å². The lowest BCUT2D eigenvalue weighted by Crippen LogP contribution is -2.14. The molecule has 3 rings (SSSR count). The van der Waals surface area contributed by atoms with Crippen molar-refractivity contribution in [3.63, 3.8) is 0 Å². The van der Waals surface area contributed by atoms with Crippen LogP contribution >= 0.6 is 27.3 Å². The lowest BCUT2D eigenvalue weighted by molar-refractivity contribution is 0.621. The highest BCUT2D eigenvalue weighted by molar-refractivity contribution is 9.10. The van der Waals surface area contributed by atoms with Crippen LogP contribution in [0.2, 0.25) is 0 Å². The molecule has 0 aliphatic carbocycles. The van der Waals surface area contributed by atoms with Gasteiger partial charge in [-0.25, -0.2) is 4.39 Å². The number of halogens is 2. The second kappa shape index (κ2) is 5.60. The monoisotopic (exact) mass is 350 g/mol. The number of rotatable bonds is 3. The van der Waals surface area contributed by atoms with Crippen LogP contribution in [-0.4, -0.2) is 4.98 Å². The number of pyridine rings is 1. The summed E-state index contributed by atoms with van der Waals surface area (Å²) in [6.07, 6.45) is 2.36. The Hall–Kier alpha value is -1.30. The van der Waals surface area contributed by atoms with Crippen LogP contribution in [0.5, 0.6) is 0 Å². The first-order valence-electron chi connectivity index (χ1n) is 6.16. The number of nitrogens with two attached hydrogens (primary N) is 1. The number of hydrogen-bond donors (Lipinski definition) is 1. The van der Waals surface area contributed by atoms with Crippen LogP contribution in [0.25, 0.3) is 10.2 Å². The maximum absolute atomic E-state index is 13.3. The van der Waals surface area contributed by atoms with E-state index in [2.05, 4.69) is 27.0 Å². The van der Waals surface area contributed by atoms with E-state index in [4.69, 9.17) is 5.73 Å². The third-order valence-corrected chi connectivity index (χ3v) is 4.83. The fourth-order valence-electron chi connectivity index (χ4n) is 2.12. The minimum Gasteiger partial charge on any atom is -0.324 e. The van der Waals surface area contributed by atoms with Crippen LogP contribution in [0.15, 0.2) is 46.4 Å². The lowest BCUT2D eigenvalue weighted by atomic mass is 10.0. The van der Waals surface area contributed by atoms with Crippen molar-refractivity contribution in [3.8, 4) is 0 Å². The highest BCUT2D eigenvalue weighted by Crippen LogP contribution is 2.26. The first-order chi connectivity index (χ1) is 9.63. The largest absolute Gasteiger partial charge is 0.324 e. The number of thiophene rings is 1. The Balaban J connectivity index is 1.88. The van der Waals surface area contributed by atoms with Crippen molar-refractivity contribution in [2.24, 2.45) is 5.73 Å². The van der Waals surface area contributed by atoms with E-state index in [0.29, 0.717) is 6.42 Å². The molecule has 1 aromatic carbocycles. The van der Waals surface area contributed by atoms with Crippen molar-refractivity contribution >= 4 is 37.5 Å². The summed E-state index contributed by atoms with van der Waals surface area (Å²) in [5, 5.41) is 2.01. The molecule has 0 aliphatic rings.